The molecule has 0 saturated carbocycles. The van der Waals surface area contributed by atoms with Gasteiger partial charge in [-0.3, -0.25) is 0 Å². The molecule has 0 saturated heterocycles. The first kappa shape index (κ1) is 20.2. The van der Waals surface area contributed by atoms with Crippen molar-refractivity contribution in [3.63, 3.8) is 0 Å². The molecule has 0 aliphatic rings. The Hall–Kier alpha value is 0.870. The van der Waals surface area contributed by atoms with Gasteiger partial charge in [0.2, 0.25) is 0 Å². The van der Waals surface area contributed by atoms with Gasteiger partial charge in [-0.15, -0.1) is 0 Å². The summed E-state index contributed by atoms with van der Waals surface area (Å²) in [5, 5.41) is 0. The Balaban J connectivity index is 0. The van der Waals surface area contributed by atoms with Crippen LogP contribution >= 0.6 is 7.26 Å². The van der Waals surface area contributed by atoms with Gasteiger partial charge in [0, 0.05) is 14.4 Å². The van der Waals surface area contributed by atoms with Crippen LogP contribution in [0.15, 0.2) is 0 Å². The molecule has 3 heteroatoms. The first-order valence-electron chi connectivity index (χ1n) is 7.08. The zero-order valence-electron chi connectivity index (χ0n) is 12.3. The molecule has 0 fully saturated rings. The number of rotatable bonds is 11. The highest BCUT2D eigenvalue weighted by atomic mass is 79.9. The quantitative estimate of drug-likeness (QED) is 0.528. The molecular formula is C14H32BrOP. The maximum absolute atomic E-state index is 5.55. The van der Waals surface area contributed by atoms with E-state index in [1.54, 1.807) is 0 Å². The molecule has 0 amide bonds. The molecular weight excluding hydrogens is 295 g/mol. The minimum atomic E-state index is -0.768. The van der Waals surface area contributed by atoms with Crippen molar-refractivity contribution in [2.45, 2.75) is 59.3 Å². The van der Waals surface area contributed by atoms with Crippen LogP contribution in [0.2, 0.25) is 0 Å². The lowest BCUT2D eigenvalue weighted by molar-refractivity contribution is -0.00000395. The summed E-state index contributed by atoms with van der Waals surface area (Å²) in [6.07, 6.45) is 13.7. The van der Waals surface area contributed by atoms with Crippen LogP contribution in [0, 0.1) is 0 Å². The van der Waals surface area contributed by atoms with E-state index in [0.29, 0.717) is 0 Å². The Morgan fingerprint density at radius 1 is 0.765 bits per heavy atom. The van der Waals surface area contributed by atoms with Crippen LogP contribution in [-0.4, -0.2) is 31.9 Å². The van der Waals surface area contributed by atoms with Gasteiger partial charge in [-0.25, -0.2) is 0 Å². The van der Waals surface area contributed by atoms with E-state index >= 15 is 0 Å². The van der Waals surface area contributed by atoms with E-state index in [2.05, 4.69) is 20.8 Å². The Kier molecular flexibility index (Phi) is 15.8. The van der Waals surface area contributed by atoms with Gasteiger partial charge in [0.25, 0.3) is 0 Å². The smallest absolute Gasteiger partial charge is 0.156 e. The largest absolute Gasteiger partial charge is 1.00 e. The highest BCUT2D eigenvalue weighted by molar-refractivity contribution is 7.75. The lowest BCUT2D eigenvalue weighted by Gasteiger charge is -2.26. The number of hydrogen-bond donors (Lipinski definition) is 0. The van der Waals surface area contributed by atoms with Crippen molar-refractivity contribution in [2.24, 2.45) is 0 Å². The summed E-state index contributed by atoms with van der Waals surface area (Å²) in [5.41, 5.74) is 0. The number of halogens is 1. The normalized spacial score (nSPS) is 11.3. The molecule has 0 unspecified atom stereocenters. The first-order valence-corrected chi connectivity index (χ1v) is 9.61. The fourth-order valence-electron chi connectivity index (χ4n) is 2.28. The summed E-state index contributed by atoms with van der Waals surface area (Å²) >= 11 is 0. The van der Waals surface area contributed by atoms with Crippen LogP contribution in [0.1, 0.15) is 59.3 Å². The average molecular weight is 327 g/mol. The summed E-state index contributed by atoms with van der Waals surface area (Å²) in [6, 6.07) is 0. The highest BCUT2D eigenvalue weighted by Gasteiger charge is 2.35. The third-order valence-corrected chi connectivity index (χ3v) is 7.96. The number of ether oxygens (including phenoxy) is 1. The van der Waals surface area contributed by atoms with Crippen LogP contribution in [0.25, 0.3) is 0 Å². The molecule has 0 aliphatic carbocycles. The minimum Gasteiger partial charge on any atom is -1.00 e. The van der Waals surface area contributed by atoms with Crippen molar-refractivity contribution < 1.29 is 21.7 Å². The molecule has 17 heavy (non-hydrogen) atoms. The van der Waals surface area contributed by atoms with E-state index < -0.39 is 7.26 Å². The standard InChI is InChI=1S/C14H32OP.BrH/c1-5-8-11-16(14-15-4,12-9-6-2)13-10-7-3;/h5-14H2,1-4H3;1H/q+1;/p-1. The molecule has 0 bridgehead atoms. The topological polar surface area (TPSA) is 9.23 Å². The molecule has 0 aromatic rings. The van der Waals surface area contributed by atoms with E-state index in [1.165, 1.54) is 57.0 Å². The Morgan fingerprint density at radius 2 is 1.12 bits per heavy atom. The van der Waals surface area contributed by atoms with Crippen molar-refractivity contribution in [3.05, 3.63) is 0 Å². The average Bonchev–Trinajstić information content (AvgIpc) is 2.31. The zero-order chi connectivity index (χ0) is 12.3. The van der Waals surface area contributed by atoms with Crippen LogP contribution in [0.3, 0.4) is 0 Å². The van der Waals surface area contributed by atoms with Crippen molar-refractivity contribution >= 4 is 7.26 Å². The molecule has 0 aromatic heterocycles. The van der Waals surface area contributed by atoms with Crippen LogP contribution in [0.5, 0.6) is 0 Å². The second-order valence-electron chi connectivity index (χ2n) is 4.99. The van der Waals surface area contributed by atoms with Crippen LogP contribution < -0.4 is 17.0 Å². The maximum atomic E-state index is 5.55. The molecule has 0 spiro atoms. The molecule has 0 aromatic carbocycles. The third-order valence-electron chi connectivity index (χ3n) is 3.36. The first-order chi connectivity index (χ1) is 7.74. The number of unbranched alkanes of at least 4 members (excludes halogenated alkanes) is 3. The van der Waals surface area contributed by atoms with Crippen molar-refractivity contribution in [3.8, 4) is 0 Å². The summed E-state index contributed by atoms with van der Waals surface area (Å²) < 4.78 is 5.55. The fourth-order valence-corrected chi connectivity index (χ4v) is 6.85. The minimum absolute atomic E-state index is 0. The lowest BCUT2D eigenvalue weighted by atomic mass is 10.4. The van der Waals surface area contributed by atoms with Gasteiger partial charge in [0.15, 0.2) is 6.35 Å². The molecule has 0 heterocycles. The molecule has 0 N–H and O–H groups in total. The second kappa shape index (κ2) is 13.3. The molecule has 0 rings (SSSR count). The van der Waals surface area contributed by atoms with E-state index in [0.717, 1.165) is 6.35 Å². The predicted octanol–water partition coefficient (Wildman–Crippen LogP) is 2.01. The SMILES string of the molecule is CCCC[P+](CCCC)(CCCC)COC.[Br-]. The van der Waals surface area contributed by atoms with Gasteiger partial charge >= 0.3 is 0 Å². The third kappa shape index (κ3) is 9.45. The molecule has 1 nitrogen and oxygen atoms in total. The second-order valence-corrected chi connectivity index (χ2v) is 9.27. The van der Waals surface area contributed by atoms with Gasteiger partial charge in [-0.05, 0) is 19.3 Å². The van der Waals surface area contributed by atoms with Gasteiger partial charge in [0.1, 0.15) is 0 Å². The number of methoxy groups -OCH3 is 1. The fraction of sp³-hybridized carbons (Fsp3) is 1.00. The van der Waals surface area contributed by atoms with E-state index in [-0.39, 0.29) is 17.0 Å². The van der Waals surface area contributed by atoms with Crippen molar-refractivity contribution in [1.29, 1.82) is 0 Å². The summed E-state index contributed by atoms with van der Waals surface area (Å²) in [4.78, 5) is 0. The molecule has 106 valence electrons. The Labute approximate surface area is 120 Å². The number of hydrogen-bond acceptors (Lipinski definition) is 1. The maximum Gasteiger partial charge on any atom is 0.156 e. The van der Waals surface area contributed by atoms with E-state index in [1.807, 2.05) is 7.11 Å². The van der Waals surface area contributed by atoms with Gasteiger partial charge in [-0.2, -0.15) is 0 Å². The van der Waals surface area contributed by atoms with Gasteiger partial charge < -0.3 is 21.7 Å². The van der Waals surface area contributed by atoms with Crippen molar-refractivity contribution in [1.82, 2.24) is 0 Å². The van der Waals surface area contributed by atoms with Crippen LogP contribution in [0.4, 0.5) is 0 Å². The monoisotopic (exact) mass is 326 g/mol. The summed E-state index contributed by atoms with van der Waals surface area (Å²) in [5.74, 6) is 0. The highest BCUT2D eigenvalue weighted by Crippen LogP contribution is 2.60. The lowest BCUT2D eigenvalue weighted by Crippen LogP contribution is -3.00. The Morgan fingerprint density at radius 3 is 1.35 bits per heavy atom. The van der Waals surface area contributed by atoms with Crippen LogP contribution in [-0.2, 0) is 4.74 Å². The predicted molar refractivity (Wildman–Crippen MR) is 78.1 cm³/mol. The molecule has 0 aliphatic heterocycles. The summed E-state index contributed by atoms with van der Waals surface area (Å²) in [6.45, 7) is 6.92. The van der Waals surface area contributed by atoms with Gasteiger partial charge in [-0.1, -0.05) is 40.0 Å². The molecule has 0 atom stereocenters. The van der Waals surface area contributed by atoms with Gasteiger partial charge in [0.05, 0.1) is 18.5 Å². The zero-order valence-corrected chi connectivity index (χ0v) is 14.8. The van der Waals surface area contributed by atoms with E-state index in [9.17, 15) is 0 Å². The summed E-state index contributed by atoms with van der Waals surface area (Å²) in [7, 11) is 1.12. The van der Waals surface area contributed by atoms with Crippen molar-refractivity contribution in [2.75, 3.05) is 31.9 Å². The molecule has 0 radical (unpaired) electrons. The Bertz CT molecular complexity index is 131. The van der Waals surface area contributed by atoms with E-state index in [4.69, 9.17) is 4.74 Å².